The van der Waals surface area contributed by atoms with E-state index < -0.39 is 11.9 Å². The van der Waals surface area contributed by atoms with Gasteiger partial charge in [0, 0.05) is 15.6 Å². The summed E-state index contributed by atoms with van der Waals surface area (Å²) >= 11 is 13.1. The van der Waals surface area contributed by atoms with E-state index in [2.05, 4.69) is 4.99 Å². The van der Waals surface area contributed by atoms with Gasteiger partial charge in [-0.1, -0.05) is 40.6 Å². The first-order valence-corrected chi connectivity index (χ1v) is 8.36. The number of halogens is 2. The van der Waals surface area contributed by atoms with Crippen LogP contribution < -0.4 is 4.80 Å². The smallest absolute Gasteiger partial charge is 0.323 e. The van der Waals surface area contributed by atoms with Crippen LogP contribution in [0.1, 0.15) is 10.4 Å². The molecule has 0 aliphatic heterocycles. The molecule has 122 valence electrons. The van der Waals surface area contributed by atoms with Crippen LogP contribution in [0.2, 0.25) is 10.0 Å². The largest absolute Gasteiger partial charge is 0.480 e. The number of nitrogens with zero attached hydrogens (tertiary/aromatic N) is 2. The zero-order valence-corrected chi connectivity index (χ0v) is 14.4. The molecule has 0 atom stereocenters. The number of hydrogen-bond donors (Lipinski definition) is 1. The Morgan fingerprint density at radius 2 is 1.88 bits per heavy atom. The lowest BCUT2D eigenvalue weighted by Gasteiger charge is -2.01. The number of benzene rings is 2. The minimum atomic E-state index is -1.04. The number of aromatic nitrogens is 1. The van der Waals surface area contributed by atoms with Crippen LogP contribution in [-0.2, 0) is 11.3 Å². The monoisotopic (exact) mass is 380 g/mol. The van der Waals surface area contributed by atoms with Gasteiger partial charge in [0.1, 0.15) is 6.54 Å². The van der Waals surface area contributed by atoms with Gasteiger partial charge in [-0.15, -0.1) is 0 Å². The summed E-state index contributed by atoms with van der Waals surface area (Å²) in [4.78, 5) is 27.9. The topological polar surface area (TPSA) is 71.7 Å². The van der Waals surface area contributed by atoms with E-state index in [0.29, 0.717) is 25.9 Å². The highest BCUT2D eigenvalue weighted by molar-refractivity contribution is 7.16. The molecule has 0 radical (unpaired) electrons. The molecule has 1 N–H and O–H groups in total. The van der Waals surface area contributed by atoms with Crippen LogP contribution >= 0.6 is 34.5 Å². The standard InChI is InChI=1S/C16H10Cl2N2O3S/c17-10-3-1-2-9(6-10)15(23)19-16-20(8-14(21)22)12-7-11(18)4-5-13(12)24-16/h1-7H,8H2,(H,21,22)/b19-16-. The number of amides is 1. The number of carbonyl (C=O) groups is 2. The maximum Gasteiger partial charge on any atom is 0.323 e. The van der Waals surface area contributed by atoms with Crippen molar-refractivity contribution in [1.82, 2.24) is 4.57 Å². The van der Waals surface area contributed by atoms with E-state index in [1.54, 1.807) is 36.4 Å². The molecular formula is C16H10Cl2N2O3S. The summed E-state index contributed by atoms with van der Waals surface area (Å²) in [6.45, 7) is -0.317. The Morgan fingerprint density at radius 1 is 1.12 bits per heavy atom. The Bertz CT molecular complexity index is 1020. The lowest BCUT2D eigenvalue weighted by Crippen LogP contribution is -2.21. The molecule has 0 spiro atoms. The summed E-state index contributed by atoms with van der Waals surface area (Å²) in [7, 11) is 0. The molecule has 0 fully saturated rings. The van der Waals surface area contributed by atoms with E-state index in [1.807, 2.05) is 0 Å². The number of carboxylic acids is 1. The molecule has 0 saturated carbocycles. The molecule has 0 unspecified atom stereocenters. The fraction of sp³-hybridized carbons (Fsp3) is 0.0625. The highest BCUT2D eigenvalue weighted by atomic mass is 35.5. The molecule has 1 heterocycles. The Balaban J connectivity index is 2.17. The average Bonchev–Trinajstić information content (AvgIpc) is 2.84. The average molecular weight is 381 g/mol. The predicted octanol–water partition coefficient (Wildman–Crippen LogP) is 3.84. The van der Waals surface area contributed by atoms with Gasteiger partial charge in [0.2, 0.25) is 0 Å². The van der Waals surface area contributed by atoms with Gasteiger partial charge in [0.15, 0.2) is 4.80 Å². The van der Waals surface area contributed by atoms with Gasteiger partial charge in [-0.2, -0.15) is 4.99 Å². The molecule has 24 heavy (non-hydrogen) atoms. The lowest BCUT2D eigenvalue weighted by atomic mass is 10.2. The van der Waals surface area contributed by atoms with Crippen LogP contribution in [0.4, 0.5) is 0 Å². The summed E-state index contributed by atoms with van der Waals surface area (Å²) in [5.41, 5.74) is 0.951. The van der Waals surface area contributed by atoms with Gasteiger partial charge in [0.05, 0.1) is 10.2 Å². The first kappa shape index (κ1) is 16.7. The zero-order chi connectivity index (χ0) is 17.3. The maximum atomic E-state index is 12.3. The van der Waals surface area contributed by atoms with Crippen molar-refractivity contribution in [2.45, 2.75) is 6.54 Å². The highest BCUT2D eigenvalue weighted by Crippen LogP contribution is 2.22. The van der Waals surface area contributed by atoms with Crippen molar-refractivity contribution >= 4 is 56.6 Å². The number of thiazole rings is 1. The fourth-order valence-electron chi connectivity index (χ4n) is 2.19. The minimum Gasteiger partial charge on any atom is -0.480 e. The Kier molecular flexibility index (Phi) is 4.71. The zero-order valence-electron chi connectivity index (χ0n) is 12.1. The number of aliphatic carboxylic acids is 1. The molecule has 3 rings (SSSR count). The predicted molar refractivity (Wildman–Crippen MR) is 93.8 cm³/mol. The number of fused-ring (bicyclic) bond motifs is 1. The molecule has 1 amide bonds. The minimum absolute atomic E-state index is 0.291. The first-order valence-electron chi connectivity index (χ1n) is 6.79. The van der Waals surface area contributed by atoms with Crippen molar-refractivity contribution in [2.75, 3.05) is 0 Å². The third-order valence-electron chi connectivity index (χ3n) is 3.21. The highest BCUT2D eigenvalue weighted by Gasteiger charge is 2.12. The molecule has 3 aromatic rings. The molecule has 0 saturated heterocycles. The number of rotatable bonds is 3. The quantitative estimate of drug-likeness (QED) is 0.750. The third kappa shape index (κ3) is 3.51. The van der Waals surface area contributed by atoms with Crippen LogP contribution in [0.3, 0.4) is 0 Å². The van der Waals surface area contributed by atoms with E-state index in [4.69, 9.17) is 28.3 Å². The van der Waals surface area contributed by atoms with Gasteiger partial charge in [-0.3, -0.25) is 9.59 Å². The molecule has 1 aromatic heterocycles. The van der Waals surface area contributed by atoms with Crippen LogP contribution in [0, 0.1) is 0 Å². The maximum absolute atomic E-state index is 12.3. The Hall–Kier alpha value is -2.15. The first-order chi connectivity index (χ1) is 11.4. The molecule has 5 nitrogen and oxygen atoms in total. The summed E-state index contributed by atoms with van der Waals surface area (Å²) in [5, 5.41) is 10.0. The molecule has 0 aliphatic carbocycles. The number of carboxylic acid groups (broad SMARTS) is 1. The van der Waals surface area contributed by atoms with Crippen molar-refractivity contribution in [1.29, 1.82) is 0 Å². The van der Waals surface area contributed by atoms with Gasteiger partial charge in [-0.05, 0) is 36.4 Å². The van der Waals surface area contributed by atoms with Crippen molar-refractivity contribution in [3.8, 4) is 0 Å². The molecule has 0 aliphatic rings. The second-order valence-corrected chi connectivity index (χ2v) is 6.79. The summed E-state index contributed by atoms with van der Waals surface area (Å²) in [6.07, 6.45) is 0. The van der Waals surface area contributed by atoms with E-state index in [9.17, 15) is 9.59 Å². The fourth-order valence-corrected chi connectivity index (χ4v) is 3.55. The second kappa shape index (κ2) is 6.76. The second-order valence-electron chi connectivity index (χ2n) is 4.90. The van der Waals surface area contributed by atoms with Crippen LogP contribution in [0.5, 0.6) is 0 Å². The summed E-state index contributed by atoms with van der Waals surface area (Å²) < 4.78 is 2.25. The van der Waals surface area contributed by atoms with Gasteiger partial charge in [-0.25, -0.2) is 0 Å². The van der Waals surface area contributed by atoms with Gasteiger partial charge in [0.25, 0.3) is 5.91 Å². The lowest BCUT2D eigenvalue weighted by molar-refractivity contribution is -0.137. The van der Waals surface area contributed by atoms with Crippen LogP contribution in [0.25, 0.3) is 10.2 Å². The van der Waals surface area contributed by atoms with Crippen LogP contribution in [0.15, 0.2) is 47.5 Å². The molecule has 8 heteroatoms. The normalized spacial score (nSPS) is 11.8. The summed E-state index contributed by atoms with van der Waals surface area (Å²) in [6, 6.07) is 11.5. The van der Waals surface area contributed by atoms with E-state index in [-0.39, 0.29) is 6.54 Å². The van der Waals surface area contributed by atoms with E-state index in [0.717, 1.165) is 4.70 Å². The van der Waals surface area contributed by atoms with E-state index >= 15 is 0 Å². The van der Waals surface area contributed by atoms with Crippen molar-refractivity contribution < 1.29 is 14.7 Å². The third-order valence-corrected chi connectivity index (χ3v) is 4.74. The van der Waals surface area contributed by atoms with Gasteiger partial charge < -0.3 is 9.67 Å². The number of hydrogen-bond acceptors (Lipinski definition) is 3. The number of carbonyl (C=O) groups excluding carboxylic acids is 1. The van der Waals surface area contributed by atoms with E-state index in [1.165, 1.54) is 22.0 Å². The van der Waals surface area contributed by atoms with Crippen molar-refractivity contribution in [3.05, 3.63) is 62.9 Å². The molecule has 0 bridgehead atoms. The van der Waals surface area contributed by atoms with Crippen molar-refractivity contribution in [3.63, 3.8) is 0 Å². The molecule has 2 aromatic carbocycles. The van der Waals surface area contributed by atoms with Crippen LogP contribution in [-0.4, -0.2) is 21.6 Å². The SMILES string of the molecule is O=C(O)Cn1/c(=N/C(=O)c2cccc(Cl)c2)sc2ccc(Cl)cc21. The summed E-state index contributed by atoms with van der Waals surface area (Å²) in [5.74, 6) is -1.53. The molecular weight excluding hydrogens is 371 g/mol. The Morgan fingerprint density at radius 3 is 2.58 bits per heavy atom. The van der Waals surface area contributed by atoms with Gasteiger partial charge >= 0.3 is 5.97 Å². The van der Waals surface area contributed by atoms with Crippen molar-refractivity contribution in [2.24, 2.45) is 4.99 Å². The Labute approximate surface area is 150 Å².